The summed E-state index contributed by atoms with van der Waals surface area (Å²) in [6.45, 7) is 13.4. The van der Waals surface area contributed by atoms with Crippen LogP contribution in [0.4, 0.5) is 18.4 Å². The number of nitrogens with zero attached hydrogens (tertiary/aromatic N) is 3. The van der Waals surface area contributed by atoms with Crippen LogP contribution >= 0.6 is 23.2 Å². The summed E-state index contributed by atoms with van der Waals surface area (Å²) in [4.78, 5) is 64.1. The Morgan fingerprint density at radius 2 is 1.14 bits per heavy atom. The van der Waals surface area contributed by atoms with Gasteiger partial charge in [0, 0.05) is 52.2 Å². The highest BCUT2D eigenvalue weighted by molar-refractivity contribution is 6.31. The van der Waals surface area contributed by atoms with E-state index in [0.29, 0.717) is 0 Å². The second kappa shape index (κ2) is 20.3. The molecule has 0 atom stereocenters. The van der Waals surface area contributed by atoms with Gasteiger partial charge in [-0.05, 0) is 91.5 Å². The summed E-state index contributed by atoms with van der Waals surface area (Å²) in [7, 11) is 0. The van der Waals surface area contributed by atoms with Crippen molar-refractivity contribution in [2.24, 2.45) is 5.73 Å². The number of hydrogen-bond donors (Lipinski definition) is 3. The van der Waals surface area contributed by atoms with Crippen LogP contribution in [0.1, 0.15) is 101 Å². The molecule has 3 heterocycles. The van der Waals surface area contributed by atoms with Gasteiger partial charge in [-0.15, -0.1) is 0 Å². The molecule has 0 saturated carbocycles. The summed E-state index contributed by atoms with van der Waals surface area (Å²) in [6.07, 6.45) is 2.21. The van der Waals surface area contributed by atoms with Crippen LogP contribution in [-0.4, -0.2) is 101 Å². The molecule has 5 amide bonds. The minimum absolute atomic E-state index is 0.0928. The largest absolute Gasteiger partial charge is 0.444 e. The zero-order valence-corrected chi connectivity index (χ0v) is 35.2. The molecule has 0 unspecified atom stereocenters. The van der Waals surface area contributed by atoms with E-state index in [0.717, 1.165) is 13.2 Å². The molecule has 0 spiro atoms. The number of primary amides is 1. The Balaban J connectivity index is 0.000000276. The van der Waals surface area contributed by atoms with Gasteiger partial charge in [-0.2, -0.15) is 5.26 Å². The van der Waals surface area contributed by atoms with Crippen LogP contribution in [-0.2, 0) is 19.0 Å². The number of halogens is 4. The first-order chi connectivity index (χ1) is 27.0. The van der Waals surface area contributed by atoms with Gasteiger partial charge in [-0.25, -0.2) is 18.4 Å². The fourth-order valence-electron chi connectivity index (χ4n) is 5.93. The molecule has 0 aromatic heterocycles. The Morgan fingerprint density at radius 1 is 0.741 bits per heavy atom. The second-order valence-corrected chi connectivity index (χ2v) is 16.8. The molecule has 18 heteroatoms. The lowest BCUT2D eigenvalue weighted by atomic mass is 9.86. The second-order valence-electron chi connectivity index (χ2n) is 16.0. The fraction of sp³-hybridized carbons (Fsp3) is 0.550. The average Bonchev–Trinajstić information content (AvgIpc) is 3.74. The molecule has 0 bridgehead atoms. The molecule has 2 aromatic rings. The van der Waals surface area contributed by atoms with Gasteiger partial charge < -0.3 is 40.4 Å². The van der Waals surface area contributed by atoms with Gasteiger partial charge in [0.05, 0.1) is 27.2 Å². The molecule has 14 nitrogen and oxygen atoms in total. The lowest BCUT2D eigenvalue weighted by Crippen LogP contribution is -2.63. The van der Waals surface area contributed by atoms with Crippen molar-refractivity contribution in [1.82, 2.24) is 20.4 Å². The van der Waals surface area contributed by atoms with E-state index in [-0.39, 0.29) is 73.0 Å². The Kier molecular flexibility index (Phi) is 16.7. The van der Waals surface area contributed by atoms with E-state index in [2.05, 4.69) is 16.7 Å². The van der Waals surface area contributed by atoms with Crippen LogP contribution in [0.15, 0.2) is 36.4 Å². The molecule has 3 fully saturated rings. The van der Waals surface area contributed by atoms with Gasteiger partial charge in [-0.3, -0.25) is 14.4 Å². The highest BCUT2D eigenvalue weighted by Gasteiger charge is 2.44. The highest BCUT2D eigenvalue weighted by Crippen LogP contribution is 2.27. The topological polar surface area (TPSA) is 193 Å². The van der Waals surface area contributed by atoms with Crippen LogP contribution in [0.5, 0.6) is 0 Å². The summed E-state index contributed by atoms with van der Waals surface area (Å²) >= 11 is 11.4. The number of benzene rings is 2. The molecule has 3 aliphatic rings. The van der Waals surface area contributed by atoms with Crippen LogP contribution in [0, 0.1) is 23.0 Å². The molecule has 3 aliphatic heterocycles. The predicted octanol–water partition coefficient (Wildman–Crippen LogP) is 6.76. The summed E-state index contributed by atoms with van der Waals surface area (Å²) < 4.78 is 43.7. The van der Waals surface area contributed by atoms with E-state index < -0.39 is 63.8 Å². The SMILES string of the molecule is C1CCOC1.CC(C)(C)OC(=O)N1CCC(C#N)(NC(=O)c2cccc(Cl)c2F)CC1.CC(C)(C)OC(=O)N1CCC(NC(=O)c2cccc(Cl)c2F)(C(N)=O)CC1. The number of nitriles is 1. The summed E-state index contributed by atoms with van der Waals surface area (Å²) in [5.41, 5.74) is 1.19. The van der Waals surface area contributed by atoms with Crippen molar-refractivity contribution in [3.8, 4) is 6.07 Å². The number of carbonyl (C=O) groups excluding carboxylic acids is 5. The minimum atomic E-state index is -1.38. The molecule has 3 saturated heterocycles. The Morgan fingerprint density at radius 3 is 1.48 bits per heavy atom. The van der Waals surface area contributed by atoms with E-state index in [1.165, 1.54) is 59.0 Å². The zero-order valence-electron chi connectivity index (χ0n) is 33.6. The smallest absolute Gasteiger partial charge is 0.410 e. The van der Waals surface area contributed by atoms with Crippen molar-refractivity contribution in [1.29, 1.82) is 5.26 Å². The summed E-state index contributed by atoms with van der Waals surface area (Å²) in [5.74, 6) is -3.95. The average molecular weight is 854 g/mol. The van der Waals surface area contributed by atoms with Gasteiger partial charge >= 0.3 is 12.2 Å². The van der Waals surface area contributed by atoms with Crippen LogP contribution in [0.2, 0.25) is 10.0 Å². The first kappa shape index (κ1) is 47.7. The zero-order chi connectivity index (χ0) is 43.5. The summed E-state index contributed by atoms with van der Waals surface area (Å²) in [5, 5.41) is 14.3. The van der Waals surface area contributed by atoms with Crippen LogP contribution < -0.4 is 16.4 Å². The van der Waals surface area contributed by atoms with E-state index in [9.17, 15) is 38.0 Å². The van der Waals surface area contributed by atoms with Gasteiger partial charge in [0.1, 0.15) is 22.3 Å². The van der Waals surface area contributed by atoms with Crippen molar-refractivity contribution in [2.75, 3.05) is 39.4 Å². The number of rotatable bonds is 5. The Labute approximate surface area is 347 Å². The molecule has 58 heavy (non-hydrogen) atoms. The molecule has 2 aromatic carbocycles. The van der Waals surface area contributed by atoms with E-state index in [1.54, 1.807) is 41.5 Å². The molecule has 0 aliphatic carbocycles. The third-order valence-corrected chi connectivity index (χ3v) is 9.73. The fourth-order valence-corrected chi connectivity index (χ4v) is 6.28. The highest BCUT2D eigenvalue weighted by atomic mass is 35.5. The lowest BCUT2D eigenvalue weighted by Gasteiger charge is -2.40. The van der Waals surface area contributed by atoms with Crippen molar-refractivity contribution < 1.29 is 47.0 Å². The van der Waals surface area contributed by atoms with E-state index in [4.69, 9.17) is 43.1 Å². The number of hydrogen-bond acceptors (Lipinski definition) is 9. The normalized spacial score (nSPS) is 17.2. The molecular weight excluding hydrogens is 801 g/mol. The molecule has 318 valence electrons. The first-order valence-electron chi connectivity index (χ1n) is 18.8. The number of piperidine rings is 2. The lowest BCUT2D eigenvalue weighted by molar-refractivity contribution is -0.126. The maximum absolute atomic E-state index is 14.1. The summed E-state index contributed by atoms with van der Waals surface area (Å²) in [6, 6.07) is 10.2. The van der Waals surface area contributed by atoms with Crippen molar-refractivity contribution in [3.05, 3.63) is 69.2 Å². The minimum Gasteiger partial charge on any atom is -0.444 e. The standard InChI is InChI=1S/C18H23ClFN3O4.C18H21ClFN3O3.C4H8O/c1-17(2,3)27-16(26)23-9-7-18(8-10-23,15(21)25)22-14(24)11-5-4-6-12(19)13(11)20;1-17(2,3)26-16(25)23-9-7-18(11-21,8-10-23)22-15(24)12-5-4-6-13(19)14(12)20;1-2-4-5-3-1/h4-6H,7-10H2,1-3H3,(H2,21,25)(H,22,24);4-6H,7-10H2,1-3H3,(H,22,24);1-4H2. The molecule has 4 N–H and O–H groups in total. The van der Waals surface area contributed by atoms with Crippen molar-refractivity contribution in [2.45, 2.75) is 102 Å². The van der Waals surface area contributed by atoms with Crippen molar-refractivity contribution >= 4 is 53.1 Å². The number of likely N-dealkylation sites (tertiary alicyclic amines) is 2. The number of carbonyl (C=O) groups is 5. The van der Waals surface area contributed by atoms with Gasteiger partial charge in [0.15, 0.2) is 11.6 Å². The van der Waals surface area contributed by atoms with E-state index >= 15 is 0 Å². The number of amides is 5. The molecule has 5 rings (SSSR count). The number of nitrogens with two attached hydrogens (primary N) is 1. The Bertz CT molecular complexity index is 1840. The number of nitrogens with one attached hydrogen (secondary N) is 2. The van der Waals surface area contributed by atoms with Gasteiger partial charge in [0.2, 0.25) is 5.91 Å². The third kappa shape index (κ3) is 13.7. The maximum Gasteiger partial charge on any atom is 0.410 e. The quantitative estimate of drug-likeness (QED) is 0.291. The number of ether oxygens (including phenoxy) is 3. The van der Waals surface area contributed by atoms with Gasteiger partial charge in [0.25, 0.3) is 11.8 Å². The third-order valence-electron chi connectivity index (χ3n) is 9.15. The van der Waals surface area contributed by atoms with Crippen molar-refractivity contribution in [3.63, 3.8) is 0 Å². The first-order valence-corrected chi connectivity index (χ1v) is 19.6. The monoisotopic (exact) mass is 852 g/mol. The maximum atomic E-state index is 14.1. The van der Waals surface area contributed by atoms with E-state index in [1.807, 2.05) is 0 Å². The predicted molar refractivity (Wildman–Crippen MR) is 212 cm³/mol. The molecular formula is C40H52Cl2F2N6O8. The van der Waals surface area contributed by atoms with Crippen LogP contribution in [0.25, 0.3) is 0 Å². The van der Waals surface area contributed by atoms with Crippen LogP contribution in [0.3, 0.4) is 0 Å². The van der Waals surface area contributed by atoms with Gasteiger partial charge in [-0.1, -0.05) is 35.3 Å². The Hall–Kier alpha value is -4.72. The molecule has 0 radical (unpaired) electrons.